The molecule has 0 saturated carbocycles. The van der Waals surface area contributed by atoms with E-state index in [1.807, 2.05) is 19.1 Å². The predicted octanol–water partition coefficient (Wildman–Crippen LogP) is 3.32. The Balaban J connectivity index is 1.89. The fraction of sp³-hybridized carbons (Fsp3) is 0.200. The largest absolute Gasteiger partial charge is 0.478 e. The van der Waals surface area contributed by atoms with E-state index >= 15 is 0 Å². The van der Waals surface area contributed by atoms with Crippen molar-refractivity contribution in [3.8, 4) is 0 Å². The zero-order chi connectivity index (χ0) is 19.1. The summed E-state index contributed by atoms with van der Waals surface area (Å²) in [6, 6.07) is 11.8. The van der Waals surface area contributed by atoms with Crippen molar-refractivity contribution in [2.24, 2.45) is 0 Å². The minimum atomic E-state index is -1.84. The van der Waals surface area contributed by atoms with E-state index in [4.69, 9.17) is 4.28 Å². The third kappa shape index (κ3) is 2.94. The highest BCUT2D eigenvalue weighted by Gasteiger charge is 2.30. The molecule has 7 heteroatoms. The van der Waals surface area contributed by atoms with Crippen molar-refractivity contribution in [3.63, 3.8) is 0 Å². The van der Waals surface area contributed by atoms with Crippen molar-refractivity contribution in [3.05, 3.63) is 64.8 Å². The van der Waals surface area contributed by atoms with Crippen LogP contribution >= 0.6 is 0 Å². The number of carboxylic acid groups (broad SMARTS) is 1. The molecule has 0 bridgehead atoms. The van der Waals surface area contributed by atoms with Gasteiger partial charge in [-0.25, -0.2) is 9.00 Å². The van der Waals surface area contributed by atoms with Crippen LogP contribution in [-0.2, 0) is 17.5 Å². The molecule has 0 spiro atoms. The summed E-state index contributed by atoms with van der Waals surface area (Å²) in [4.78, 5) is 24.7. The summed E-state index contributed by atoms with van der Waals surface area (Å²) in [5, 5.41) is 10.0. The van der Waals surface area contributed by atoms with Crippen LogP contribution in [0.15, 0.2) is 47.4 Å². The lowest BCUT2D eigenvalue weighted by Gasteiger charge is -2.14. The second-order valence-corrected chi connectivity index (χ2v) is 7.62. The molecule has 1 aromatic heterocycles. The van der Waals surface area contributed by atoms with Crippen molar-refractivity contribution >= 4 is 33.7 Å². The number of benzene rings is 2. The van der Waals surface area contributed by atoms with E-state index in [9.17, 15) is 18.9 Å². The fourth-order valence-corrected chi connectivity index (χ4v) is 4.21. The molecule has 0 aliphatic heterocycles. The number of nitrogens with zero attached hydrogens (tertiary/aromatic N) is 1. The van der Waals surface area contributed by atoms with Crippen molar-refractivity contribution < 1.29 is 23.2 Å². The Labute approximate surface area is 158 Å². The lowest BCUT2D eigenvalue weighted by atomic mass is 9.93. The second-order valence-electron chi connectivity index (χ2n) is 6.53. The van der Waals surface area contributed by atoms with E-state index in [1.54, 1.807) is 24.3 Å². The molecule has 0 saturated heterocycles. The van der Waals surface area contributed by atoms with Crippen LogP contribution in [-0.4, -0.2) is 25.8 Å². The molecule has 4 rings (SSSR count). The number of hydrogen-bond donors (Lipinski definition) is 1. The van der Waals surface area contributed by atoms with Crippen LogP contribution in [0.2, 0.25) is 0 Å². The van der Waals surface area contributed by atoms with E-state index in [-0.39, 0.29) is 11.3 Å². The Hall–Kier alpha value is -2.93. The van der Waals surface area contributed by atoms with E-state index in [2.05, 4.69) is 0 Å². The summed E-state index contributed by atoms with van der Waals surface area (Å²) in [7, 11) is 0. The van der Waals surface area contributed by atoms with Crippen LogP contribution in [0.5, 0.6) is 0 Å². The highest BCUT2D eigenvalue weighted by atomic mass is 32.2. The topological polar surface area (TPSA) is 85.6 Å². The fourth-order valence-electron chi connectivity index (χ4n) is 3.47. The molecule has 2 aromatic carbocycles. The summed E-state index contributed by atoms with van der Waals surface area (Å²) in [6.45, 7) is 1.93. The Bertz CT molecular complexity index is 1100. The first-order valence-electron chi connectivity index (χ1n) is 8.57. The number of carbonyl (C=O) groups excluding carboxylic acids is 1. The van der Waals surface area contributed by atoms with Gasteiger partial charge in [-0.2, -0.15) is 4.73 Å². The number of ketones is 1. The molecule has 0 amide bonds. The number of aromatic carboxylic acids is 1. The zero-order valence-electron chi connectivity index (χ0n) is 14.6. The lowest BCUT2D eigenvalue weighted by Crippen LogP contribution is -2.22. The van der Waals surface area contributed by atoms with Gasteiger partial charge in [-0.15, -0.1) is 0 Å². The van der Waals surface area contributed by atoms with Crippen molar-refractivity contribution in [1.82, 2.24) is 4.73 Å². The number of Topliss-reactive ketones (excluding diaryl/α,β-unsaturated/α-hetero) is 1. The summed E-state index contributed by atoms with van der Waals surface area (Å²) < 4.78 is 19.6. The van der Waals surface area contributed by atoms with Crippen molar-refractivity contribution in [2.45, 2.75) is 31.1 Å². The van der Waals surface area contributed by atoms with E-state index in [0.29, 0.717) is 46.3 Å². The van der Waals surface area contributed by atoms with Gasteiger partial charge in [-0.1, -0.05) is 23.8 Å². The number of aromatic nitrogens is 1. The summed E-state index contributed by atoms with van der Waals surface area (Å²) >= 11 is -1.84. The molecule has 1 aliphatic rings. The summed E-state index contributed by atoms with van der Waals surface area (Å²) in [5.74, 6) is -1.21. The van der Waals surface area contributed by atoms with E-state index in [0.717, 1.165) is 5.56 Å². The average Bonchev–Trinajstić information content (AvgIpc) is 2.97. The van der Waals surface area contributed by atoms with Gasteiger partial charge in [-0.3, -0.25) is 4.79 Å². The van der Waals surface area contributed by atoms with Crippen molar-refractivity contribution in [1.29, 1.82) is 0 Å². The van der Waals surface area contributed by atoms with Crippen LogP contribution in [0.3, 0.4) is 0 Å². The standard InChI is InChI=1S/C20H17NO5S/c1-12-8-10-13(11-9-12)27(25)26-21-16-6-2-5-15(20(23)24)18(16)14-4-3-7-17(22)19(14)21/h2,5-6,8-11H,3-4,7H2,1H3,(H,23,24). The zero-order valence-corrected chi connectivity index (χ0v) is 15.4. The molecule has 0 fully saturated rings. The molecule has 0 radical (unpaired) electrons. The van der Waals surface area contributed by atoms with Gasteiger partial charge in [-0.05, 0) is 49.6 Å². The maximum absolute atomic E-state index is 12.7. The van der Waals surface area contributed by atoms with Crippen LogP contribution in [0, 0.1) is 6.92 Å². The number of fused-ring (bicyclic) bond motifs is 3. The molecule has 3 aromatic rings. The Morgan fingerprint density at radius 3 is 2.59 bits per heavy atom. The van der Waals surface area contributed by atoms with Crippen molar-refractivity contribution in [2.75, 3.05) is 0 Å². The molecule has 1 aliphatic carbocycles. The first-order chi connectivity index (χ1) is 13.0. The monoisotopic (exact) mass is 383 g/mol. The predicted molar refractivity (Wildman–Crippen MR) is 100 cm³/mol. The normalized spacial score (nSPS) is 14.8. The maximum atomic E-state index is 12.7. The van der Waals surface area contributed by atoms with Gasteiger partial charge in [0.05, 0.1) is 16.0 Å². The molecule has 138 valence electrons. The molecule has 1 heterocycles. The number of aryl methyl sites for hydroxylation is 2. The Morgan fingerprint density at radius 1 is 1.15 bits per heavy atom. The van der Waals surface area contributed by atoms with Gasteiger partial charge in [0.25, 0.3) is 11.1 Å². The first kappa shape index (κ1) is 17.5. The van der Waals surface area contributed by atoms with Gasteiger partial charge in [0.15, 0.2) is 5.78 Å². The third-order valence-electron chi connectivity index (χ3n) is 4.73. The summed E-state index contributed by atoms with van der Waals surface area (Å²) in [5.41, 5.74) is 2.53. The highest BCUT2D eigenvalue weighted by Crippen LogP contribution is 2.34. The van der Waals surface area contributed by atoms with Crippen LogP contribution < -0.4 is 4.28 Å². The van der Waals surface area contributed by atoms with Gasteiger partial charge in [0.1, 0.15) is 5.69 Å². The minimum absolute atomic E-state index is 0.113. The van der Waals surface area contributed by atoms with E-state index < -0.39 is 17.0 Å². The quantitative estimate of drug-likeness (QED) is 0.747. The molecular formula is C20H17NO5S. The molecule has 1 N–H and O–H groups in total. The number of hydrogen-bond acceptors (Lipinski definition) is 4. The molecule has 6 nitrogen and oxygen atoms in total. The smallest absolute Gasteiger partial charge is 0.336 e. The molecule has 1 atom stereocenters. The Kier molecular flexibility index (Phi) is 4.31. The maximum Gasteiger partial charge on any atom is 0.336 e. The van der Waals surface area contributed by atoms with Crippen LogP contribution in [0.4, 0.5) is 0 Å². The molecule has 1 unspecified atom stereocenters. The van der Waals surface area contributed by atoms with Gasteiger partial charge < -0.3 is 9.39 Å². The Morgan fingerprint density at radius 2 is 1.89 bits per heavy atom. The second kappa shape index (κ2) is 6.66. The lowest BCUT2D eigenvalue weighted by molar-refractivity contribution is 0.0698. The van der Waals surface area contributed by atoms with Crippen LogP contribution in [0.1, 0.15) is 44.8 Å². The summed E-state index contributed by atoms with van der Waals surface area (Å²) in [6.07, 6.45) is 1.58. The van der Waals surface area contributed by atoms with Gasteiger partial charge in [0, 0.05) is 11.8 Å². The number of carboxylic acids is 1. The third-order valence-corrected chi connectivity index (χ3v) is 5.67. The average molecular weight is 383 g/mol. The molecular weight excluding hydrogens is 366 g/mol. The van der Waals surface area contributed by atoms with E-state index in [1.165, 1.54) is 10.8 Å². The van der Waals surface area contributed by atoms with Gasteiger partial charge in [0.2, 0.25) is 0 Å². The first-order valence-corrected chi connectivity index (χ1v) is 9.65. The van der Waals surface area contributed by atoms with Gasteiger partial charge >= 0.3 is 5.97 Å². The number of rotatable bonds is 4. The van der Waals surface area contributed by atoms with Crippen LogP contribution in [0.25, 0.3) is 10.9 Å². The number of carbonyl (C=O) groups is 2. The SMILES string of the molecule is Cc1ccc(S(=O)On2c3c(c4c(C(=O)O)cccc42)CCCC3=O)cc1. The highest BCUT2D eigenvalue weighted by molar-refractivity contribution is 7.80. The minimum Gasteiger partial charge on any atom is -0.478 e. The molecule has 27 heavy (non-hydrogen) atoms.